The van der Waals surface area contributed by atoms with E-state index in [-0.39, 0.29) is 12.0 Å². The monoisotopic (exact) mass is 285 g/mol. The van der Waals surface area contributed by atoms with E-state index in [4.69, 9.17) is 22.7 Å². The minimum absolute atomic E-state index is 0.00394. The summed E-state index contributed by atoms with van der Waals surface area (Å²) in [4.78, 5) is 14.8. The Balaban J connectivity index is 1.92. The molecule has 1 amide bonds. The van der Waals surface area contributed by atoms with Crippen LogP contribution in [0.2, 0.25) is 0 Å². The molecule has 0 aromatic heterocycles. The highest BCUT2D eigenvalue weighted by Crippen LogP contribution is 2.23. The van der Waals surface area contributed by atoms with Gasteiger partial charge >= 0.3 is 0 Å². The molecule has 2 saturated heterocycles. The van der Waals surface area contributed by atoms with Crippen molar-refractivity contribution in [2.75, 3.05) is 26.7 Å². The number of ether oxygens (including phenoxy) is 1. The van der Waals surface area contributed by atoms with Gasteiger partial charge in [0.25, 0.3) is 0 Å². The first kappa shape index (κ1) is 14.7. The molecule has 108 valence electrons. The van der Waals surface area contributed by atoms with Crippen LogP contribution in [0.15, 0.2) is 0 Å². The van der Waals surface area contributed by atoms with Gasteiger partial charge in [0, 0.05) is 19.7 Å². The van der Waals surface area contributed by atoms with Crippen molar-refractivity contribution in [1.82, 2.24) is 10.2 Å². The van der Waals surface area contributed by atoms with E-state index in [1.807, 2.05) is 0 Å². The van der Waals surface area contributed by atoms with Crippen LogP contribution in [-0.2, 0) is 9.53 Å². The van der Waals surface area contributed by atoms with E-state index < -0.39 is 5.54 Å². The summed E-state index contributed by atoms with van der Waals surface area (Å²) in [7, 11) is 2.07. The molecule has 0 bridgehead atoms. The molecule has 1 atom stereocenters. The number of carbonyl (C=O) groups is 1. The standard InChI is InChI=1S/C13H23N3O2S/c1-16-6-4-13(5-7-16,12(14)19)15-11(17)9-10-3-2-8-18-10/h10H,2-9H2,1H3,(H2,14,19)(H,15,17). The van der Waals surface area contributed by atoms with Crippen molar-refractivity contribution in [3.05, 3.63) is 0 Å². The van der Waals surface area contributed by atoms with Crippen molar-refractivity contribution in [3.8, 4) is 0 Å². The van der Waals surface area contributed by atoms with Crippen molar-refractivity contribution in [2.45, 2.75) is 43.7 Å². The number of thiocarbonyl (C=S) groups is 1. The third kappa shape index (κ3) is 3.64. The van der Waals surface area contributed by atoms with Gasteiger partial charge in [0.2, 0.25) is 5.91 Å². The number of hydrogen-bond acceptors (Lipinski definition) is 4. The van der Waals surface area contributed by atoms with Crippen LogP contribution in [0.3, 0.4) is 0 Å². The van der Waals surface area contributed by atoms with E-state index in [1.165, 1.54) is 0 Å². The van der Waals surface area contributed by atoms with Gasteiger partial charge in [0.05, 0.1) is 23.1 Å². The lowest BCUT2D eigenvalue weighted by atomic mass is 9.87. The van der Waals surface area contributed by atoms with Gasteiger partial charge in [-0.3, -0.25) is 4.79 Å². The second kappa shape index (κ2) is 6.15. The maximum Gasteiger partial charge on any atom is 0.223 e. The number of carbonyl (C=O) groups excluding carboxylic acids is 1. The fraction of sp³-hybridized carbons (Fsp3) is 0.846. The van der Waals surface area contributed by atoms with E-state index in [0.717, 1.165) is 45.4 Å². The Morgan fingerprint density at radius 1 is 1.53 bits per heavy atom. The number of hydrogen-bond donors (Lipinski definition) is 2. The van der Waals surface area contributed by atoms with Gasteiger partial charge < -0.3 is 20.7 Å². The molecule has 0 aromatic rings. The highest BCUT2D eigenvalue weighted by atomic mass is 32.1. The molecule has 19 heavy (non-hydrogen) atoms. The zero-order valence-corrected chi connectivity index (χ0v) is 12.3. The van der Waals surface area contributed by atoms with Gasteiger partial charge in [-0.15, -0.1) is 0 Å². The zero-order chi connectivity index (χ0) is 13.9. The Bertz CT molecular complexity index is 348. The topological polar surface area (TPSA) is 67.6 Å². The highest BCUT2D eigenvalue weighted by Gasteiger charge is 2.38. The number of rotatable bonds is 4. The number of piperidine rings is 1. The predicted molar refractivity (Wildman–Crippen MR) is 78.0 cm³/mol. The molecule has 2 aliphatic heterocycles. The largest absolute Gasteiger partial charge is 0.391 e. The van der Waals surface area contributed by atoms with Crippen molar-refractivity contribution < 1.29 is 9.53 Å². The van der Waals surface area contributed by atoms with Crippen LogP contribution in [-0.4, -0.2) is 54.2 Å². The molecular formula is C13H23N3O2S. The summed E-state index contributed by atoms with van der Waals surface area (Å²) in [6, 6.07) is 0. The van der Waals surface area contributed by atoms with Crippen LogP contribution in [0.1, 0.15) is 32.1 Å². The summed E-state index contributed by atoms with van der Waals surface area (Å²) < 4.78 is 5.49. The van der Waals surface area contributed by atoms with Gasteiger partial charge in [-0.2, -0.15) is 0 Å². The Labute approximate surface area is 119 Å². The van der Waals surface area contributed by atoms with Crippen LogP contribution in [0.4, 0.5) is 0 Å². The first-order valence-corrected chi connectivity index (χ1v) is 7.34. The Hall–Kier alpha value is -0.720. The van der Waals surface area contributed by atoms with Crippen LogP contribution in [0, 0.1) is 0 Å². The predicted octanol–water partition coefficient (Wildman–Crippen LogP) is 0.422. The molecule has 0 radical (unpaired) electrons. The number of likely N-dealkylation sites (tertiary alicyclic amines) is 1. The van der Waals surface area contributed by atoms with Crippen LogP contribution >= 0.6 is 12.2 Å². The number of amides is 1. The van der Waals surface area contributed by atoms with Crippen molar-refractivity contribution in [2.24, 2.45) is 5.73 Å². The molecule has 0 aromatic carbocycles. The first-order valence-electron chi connectivity index (χ1n) is 6.93. The lowest BCUT2D eigenvalue weighted by Gasteiger charge is -2.40. The third-order valence-corrected chi connectivity index (χ3v) is 4.52. The lowest BCUT2D eigenvalue weighted by Crippen LogP contribution is -2.61. The highest BCUT2D eigenvalue weighted by molar-refractivity contribution is 7.80. The maximum atomic E-state index is 12.1. The van der Waals surface area contributed by atoms with Crippen molar-refractivity contribution in [3.63, 3.8) is 0 Å². The van der Waals surface area contributed by atoms with Crippen LogP contribution < -0.4 is 11.1 Å². The summed E-state index contributed by atoms with van der Waals surface area (Å²) in [6.07, 6.45) is 4.07. The van der Waals surface area contributed by atoms with Crippen molar-refractivity contribution >= 4 is 23.1 Å². The minimum atomic E-state index is -0.502. The molecule has 2 fully saturated rings. The molecule has 2 aliphatic rings. The minimum Gasteiger partial charge on any atom is -0.391 e. The molecule has 0 spiro atoms. The Morgan fingerprint density at radius 3 is 2.74 bits per heavy atom. The summed E-state index contributed by atoms with van der Waals surface area (Å²) in [5, 5.41) is 3.07. The van der Waals surface area contributed by atoms with Gasteiger partial charge in [0.15, 0.2) is 0 Å². The van der Waals surface area contributed by atoms with Gasteiger partial charge in [-0.05, 0) is 32.7 Å². The van der Waals surface area contributed by atoms with E-state index in [1.54, 1.807) is 0 Å². The van der Waals surface area contributed by atoms with E-state index in [2.05, 4.69) is 17.3 Å². The number of nitrogens with one attached hydrogen (secondary N) is 1. The molecule has 5 nitrogen and oxygen atoms in total. The first-order chi connectivity index (χ1) is 9.02. The normalized spacial score (nSPS) is 27.1. The fourth-order valence-electron chi connectivity index (χ4n) is 2.76. The van der Waals surface area contributed by atoms with E-state index in [9.17, 15) is 4.79 Å². The summed E-state index contributed by atoms with van der Waals surface area (Å²) >= 11 is 5.18. The van der Waals surface area contributed by atoms with Gasteiger partial charge in [-0.1, -0.05) is 12.2 Å². The third-order valence-electron chi connectivity index (χ3n) is 4.13. The fourth-order valence-corrected chi connectivity index (χ4v) is 3.02. The average Bonchev–Trinajstić information content (AvgIpc) is 2.84. The van der Waals surface area contributed by atoms with E-state index in [0.29, 0.717) is 11.4 Å². The van der Waals surface area contributed by atoms with Gasteiger partial charge in [0.1, 0.15) is 0 Å². The SMILES string of the molecule is CN1CCC(NC(=O)CC2CCCO2)(C(N)=S)CC1. The molecule has 6 heteroatoms. The second-order valence-corrected chi connectivity index (χ2v) is 6.08. The average molecular weight is 285 g/mol. The Morgan fingerprint density at radius 2 is 2.21 bits per heavy atom. The summed E-state index contributed by atoms with van der Waals surface area (Å²) in [5.74, 6) is 0.00394. The molecule has 1 unspecified atom stereocenters. The summed E-state index contributed by atoms with van der Waals surface area (Å²) in [5.41, 5.74) is 5.37. The second-order valence-electron chi connectivity index (χ2n) is 5.64. The van der Waals surface area contributed by atoms with Crippen LogP contribution in [0.5, 0.6) is 0 Å². The molecule has 3 N–H and O–H groups in total. The zero-order valence-electron chi connectivity index (χ0n) is 11.5. The maximum absolute atomic E-state index is 12.1. The van der Waals surface area contributed by atoms with Gasteiger partial charge in [-0.25, -0.2) is 0 Å². The summed E-state index contributed by atoms with van der Waals surface area (Å²) in [6.45, 7) is 2.57. The quantitative estimate of drug-likeness (QED) is 0.733. The van der Waals surface area contributed by atoms with E-state index >= 15 is 0 Å². The lowest BCUT2D eigenvalue weighted by molar-refractivity contribution is -0.124. The number of nitrogens with zero attached hydrogens (tertiary/aromatic N) is 1. The molecular weight excluding hydrogens is 262 g/mol. The van der Waals surface area contributed by atoms with Crippen LogP contribution in [0.25, 0.3) is 0 Å². The molecule has 0 saturated carbocycles. The molecule has 2 rings (SSSR count). The molecule has 0 aliphatic carbocycles. The molecule has 2 heterocycles. The Kier molecular flexibility index (Phi) is 4.76. The smallest absolute Gasteiger partial charge is 0.223 e. The van der Waals surface area contributed by atoms with Crippen molar-refractivity contribution in [1.29, 1.82) is 0 Å². The number of nitrogens with two attached hydrogens (primary N) is 1.